The van der Waals surface area contributed by atoms with Gasteiger partial charge in [0.2, 0.25) is 0 Å². The van der Waals surface area contributed by atoms with Gasteiger partial charge in [-0.15, -0.1) is 11.8 Å². The van der Waals surface area contributed by atoms with Crippen LogP contribution in [0.1, 0.15) is 12.0 Å². The van der Waals surface area contributed by atoms with Gasteiger partial charge in [0.15, 0.2) is 0 Å². The standard InChI is InChI=1S/C25H23N5OS/c1-17-5-2-7-20(15-17)27-25(31)28-21-8-3-6-19(16-21)23-22(18-9-11-26-12-10-18)24-30(29-23)13-4-14-32-24/h2-3,5-12,15-16H,4,13-14H2,1H3,(H2,27,28,31). The van der Waals surface area contributed by atoms with Crippen molar-refractivity contribution in [1.82, 2.24) is 14.8 Å². The van der Waals surface area contributed by atoms with E-state index in [2.05, 4.69) is 20.3 Å². The van der Waals surface area contributed by atoms with E-state index in [0.717, 1.165) is 52.4 Å². The van der Waals surface area contributed by atoms with Crippen LogP contribution in [0.25, 0.3) is 22.4 Å². The lowest BCUT2D eigenvalue weighted by atomic mass is 10.0. The lowest BCUT2D eigenvalue weighted by Gasteiger charge is -2.14. The van der Waals surface area contributed by atoms with E-state index in [0.29, 0.717) is 5.69 Å². The fourth-order valence-corrected chi connectivity index (χ4v) is 4.98. The Morgan fingerprint density at radius 2 is 1.72 bits per heavy atom. The summed E-state index contributed by atoms with van der Waals surface area (Å²) in [6, 6.07) is 19.3. The maximum Gasteiger partial charge on any atom is 0.323 e. The Labute approximate surface area is 191 Å². The van der Waals surface area contributed by atoms with E-state index in [1.807, 2.05) is 91.7 Å². The number of amides is 2. The SMILES string of the molecule is Cc1cccc(NC(=O)Nc2cccc(-c3nn4c(c3-c3ccncc3)SCCC4)c2)c1. The molecule has 0 unspecified atom stereocenters. The van der Waals surface area contributed by atoms with Crippen LogP contribution in [-0.4, -0.2) is 26.5 Å². The Kier molecular flexibility index (Phi) is 5.64. The molecule has 0 radical (unpaired) electrons. The average molecular weight is 442 g/mol. The molecule has 0 spiro atoms. The first-order valence-electron chi connectivity index (χ1n) is 10.6. The van der Waals surface area contributed by atoms with Crippen LogP contribution in [0.3, 0.4) is 0 Å². The molecule has 160 valence electrons. The van der Waals surface area contributed by atoms with Crippen LogP contribution in [0.5, 0.6) is 0 Å². The van der Waals surface area contributed by atoms with Crippen molar-refractivity contribution in [2.45, 2.75) is 24.9 Å². The molecule has 0 saturated heterocycles. The number of benzene rings is 2. The van der Waals surface area contributed by atoms with E-state index in [9.17, 15) is 4.79 Å². The monoisotopic (exact) mass is 441 g/mol. The predicted molar refractivity (Wildman–Crippen MR) is 130 cm³/mol. The van der Waals surface area contributed by atoms with Crippen molar-refractivity contribution in [3.05, 3.63) is 78.6 Å². The van der Waals surface area contributed by atoms with Crippen molar-refractivity contribution in [3.8, 4) is 22.4 Å². The Bertz CT molecular complexity index is 1270. The van der Waals surface area contributed by atoms with Crippen molar-refractivity contribution >= 4 is 29.2 Å². The van der Waals surface area contributed by atoms with Crippen LogP contribution in [0.2, 0.25) is 0 Å². The Balaban J connectivity index is 1.46. The molecule has 6 nitrogen and oxygen atoms in total. The average Bonchev–Trinajstić information content (AvgIpc) is 3.19. The van der Waals surface area contributed by atoms with E-state index in [1.54, 1.807) is 0 Å². The van der Waals surface area contributed by atoms with Gasteiger partial charge in [0.25, 0.3) is 0 Å². The molecule has 0 aliphatic carbocycles. The molecule has 0 saturated carbocycles. The molecule has 32 heavy (non-hydrogen) atoms. The van der Waals surface area contributed by atoms with Crippen LogP contribution in [0, 0.1) is 6.92 Å². The Hall–Kier alpha value is -3.58. The summed E-state index contributed by atoms with van der Waals surface area (Å²) in [5.41, 5.74) is 6.68. The fourth-order valence-electron chi connectivity index (χ4n) is 3.87. The number of nitrogens with zero attached hydrogens (tertiary/aromatic N) is 3. The fraction of sp³-hybridized carbons (Fsp3) is 0.160. The zero-order valence-electron chi connectivity index (χ0n) is 17.7. The molecular formula is C25H23N5OS. The second-order valence-electron chi connectivity index (χ2n) is 7.72. The zero-order chi connectivity index (χ0) is 21.9. The Morgan fingerprint density at radius 3 is 2.50 bits per heavy atom. The van der Waals surface area contributed by atoms with Gasteiger partial charge in [-0.1, -0.05) is 24.3 Å². The second kappa shape index (κ2) is 8.88. The van der Waals surface area contributed by atoms with E-state index in [4.69, 9.17) is 5.10 Å². The van der Waals surface area contributed by atoms with Gasteiger partial charge in [-0.2, -0.15) is 5.10 Å². The summed E-state index contributed by atoms with van der Waals surface area (Å²) in [7, 11) is 0. The first kappa shape index (κ1) is 20.3. The number of urea groups is 1. The molecule has 7 heteroatoms. The number of rotatable bonds is 4. The lowest BCUT2D eigenvalue weighted by molar-refractivity contribution is 0.262. The molecule has 0 fully saturated rings. The van der Waals surface area contributed by atoms with E-state index < -0.39 is 0 Å². The van der Waals surface area contributed by atoms with Gasteiger partial charge in [0.1, 0.15) is 10.7 Å². The van der Waals surface area contributed by atoms with Gasteiger partial charge in [0, 0.05) is 47.2 Å². The van der Waals surface area contributed by atoms with Crippen LogP contribution in [-0.2, 0) is 6.54 Å². The number of hydrogen-bond acceptors (Lipinski definition) is 4. The maximum absolute atomic E-state index is 12.5. The first-order chi connectivity index (χ1) is 15.7. The van der Waals surface area contributed by atoms with Gasteiger partial charge >= 0.3 is 6.03 Å². The van der Waals surface area contributed by atoms with Gasteiger partial charge in [-0.25, -0.2) is 4.79 Å². The van der Waals surface area contributed by atoms with Crippen LogP contribution in [0.15, 0.2) is 78.1 Å². The van der Waals surface area contributed by atoms with Gasteiger partial charge in [0.05, 0.1) is 0 Å². The lowest BCUT2D eigenvalue weighted by Crippen LogP contribution is -2.19. The number of nitrogens with one attached hydrogen (secondary N) is 2. The van der Waals surface area contributed by atoms with Crippen molar-refractivity contribution in [1.29, 1.82) is 0 Å². The first-order valence-corrected chi connectivity index (χ1v) is 11.5. The van der Waals surface area contributed by atoms with Crippen LogP contribution in [0.4, 0.5) is 16.2 Å². The minimum atomic E-state index is -0.276. The quantitative estimate of drug-likeness (QED) is 0.404. The molecule has 3 heterocycles. The molecule has 1 aliphatic heterocycles. The summed E-state index contributed by atoms with van der Waals surface area (Å²) in [5, 5.41) is 12.0. The summed E-state index contributed by atoms with van der Waals surface area (Å²) >= 11 is 1.84. The summed E-state index contributed by atoms with van der Waals surface area (Å²) in [5.74, 6) is 1.09. The van der Waals surface area contributed by atoms with Crippen molar-refractivity contribution in [3.63, 3.8) is 0 Å². The Morgan fingerprint density at radius 1 is 0.969 bits per heavy atom. The highest BCUT2D eigenvalue weighted by Crippen LogP contribution is 2.41. The molecule has 0 atom stereocenters. The highest BCUT2D eigenvalue weighted by molar-refractivity contribution is 7.99. The molecule has 2 N–H and O–H groups in total. The van der Waals surface area contributed by atoms with Crippen LogP contribution >= 0.6 is 11.8 Å². The topological polar surface area (TPSA) is 71.8 Å². The molecule has 2 aromatic heterocycles. The number of carbonyl (C=O) groups excluding carboxylic acids is 1. The minimum absolute atomic E-state index is 0.276. The number of pyridine rings is 1. The smallest absolute Gasteiger partial charge is 0.308 e. The van der Waals surface area contributed by atoms with E-state index in [1.165, 1.54) is 5.03 Å². The third-order valence-electron chi connectivity index (χ3n) is 5.30. The van der Waals surface area contributed by atoms with Crippen molar-refractivity contribution in [2.75, 3.05) is 16.4 Å². The third kappa shape index (κ3) is 4.24. The molecule has 4 aromatic rings. The predicted octanol–water partition coefficient (Wildman–Crippen LogP) is 6.06. The van der Waals surface area contributed by atoms with E-state index in [-0.39, 0.29) is 6.03 Å². The summed E-state index contributed by atoms with van der Waals surface area (Å²) in [6.45, 7) is 2.91. The van der Waals surface area contributed by atoms with Gasteiger partial charge in [-0.3, -0.25) is 9.67 Å². The number of aryl methyl sites for hydroxylation is 2. The number of anilines is 2. The zero-order valence-corrected chi connectivity index (χ0v) is 18.5. The number of carbonyl (C=O) groups is 1. The molecule has 2 aromatic carbocycles. The van der Waals surface area contributed by atoms with Crippen LogP contribution < -0.4 is 10.6 Å². The van der Waals surface area contributed by atoms with Crippen molar-refractivity contribution in [2.24, 2.45) is 0 Å². The largest absolute Gasteiger partial charge is 0.323 e. The molecule has 2 amide bonds. The normalized spacial score (nSPS) is 12.8. The van der Waals surface area contributed by atoms with Crippen molar-refractivity contribution < 1.29 is 4.79 Å². The number of hydrogen-bond donors (Lipinski definition) is 2. The van der Waals surface area contributed by atoms with E-state index >= 15 is 0 Å². The molecule has 5 rings (SSSR count). The third-order valence-corrected chi connectivity index (χ3v) is 6.48. The van der Waals surface area contributed by atoms with Gasteiger partial charge < -0.3 is 10.6 Å². The summed E-state index contributed by atoms with van der Waals surface area (Å²) in [6.07, 6.45) is 4.73. The minimum Gasteiger partial charge on any atom is -0.308 e. The number of thioether (sulfide) groups is 1. The number of fused-ring (bicyclic) bond motifs is 1. The molecule has 0 bridgehead atoms. The highest BCUT2D eigenvalue weighted by atomic mass is 32.2. The number of aromatic nitrogens is 3. The maximum atomic E-state index is 12.5. The molecular weight excluding hydrogens is 418 g/mol. The summed E-state index contributed by atoms with van der Waals surface area (Å²) < 4.78 is 2.10. The van der Waals surface area contributed by atoms with Gasteiger partial charge in [-0.05, 0) is 60.9 Å². The second-order valence-corrected chi connectivity index (χ2v) is 8.80. The highest BCUT2D eigenvalue weighted by Gasteiger charge is 2.23. The molecule has 1 aliphatic rings. The summed E-state index contributed by atoms with van der Waals surface area (Å²) in [4.78, 5) is 16.7.